The highest BCUT2D eigenvalue weighted by molar-refractivity contribution is 8.00. The van der Waals surface area contributed by atoms with Crippen molar-refractivity contribution >= 4 is 11.8 Å². The molecule has 0 bridgehead atoms. The highest BCUT2D eigenvalue weighted by Gasteiger charge is 2.35. The molecule has 0 aromatic rings. The second-order valence-electron chi connectivity index (χ2n) is 3.62. The zero-order valence-electron chi connectivity index (χ0n) is 8.95. The minimum absolute atomic E-state index is 0.166. The fourth-order valence-corrected chi connectivity index (χ4v) is 1.91. The first kappa shape index (κ1) is 12.3. The molecule has 84 valence electrons. The summed E-state index contributed by atoms with van der Waals surface area (Å²) in [6.07, 6.45) is 0.657. The average molecular weight is 222 g/mol. The molecule has 0 aromatic heterocycles. The molecular weight excluding hydrogens is 204 g/mol. The first-order valence-electron chi connectivity index (χ1n) is 4.87. The van der Waals surface area contributed by atoms with Gasteiger partial charge in [-0.05, 0) is 26.0 Å². The van der Waals surface area contributed by atoms with E-state index in [0.717, 1.165) is 12.2 Å². The Morgan fingerprint density at radius 2 is 1.79 bits per heavy atom. The van der Waals surface area contributed by atoms with Crippen molar-refractivity contribution in [2.24, 2.45) is 0 Å². The van der Waals surface area contributed by atoms with Crippen molar-refractivity contribution in [3.8, 4) is 0 Å². The van der Waals surface area contributed by atoms with E-state index in [1.54, 1.807) is 11.8 Å². The SMILES string of the molecule is CCCSC(C)(C)C1OOCCOO1. The van der Waals surface area contributed by atoms with Crippen LogP contribution in [0.25, 0.3) is 0 Å². The van der Waals surface area contributed by atoms with Gasteiger partial charge < -0.3 is 0 Å². The molecule has 1 aliphatic rings. The van der Waals surface area contributed by atoms with Gasteiger partial charge >= 0.3 is 0 Å². The number of hydrogen-bond donors (Lipinski definition) is 0. The van der Waals surface area contributed by atoms with Crippen LogP contribution in [-0.4, -0.2) is 30.0 Å². The van der Waals surface area contributed by atoms with E-state index < -0.39 is 6.29 Å². The van der Waals surface area contributed by atoms with Crippen molar-refractivity contribution in [3.05, 3.63) is 0 Å². The lowest BCUT2D eigenvalue weighted by Crippen LogP contribution is -2.37. The quantitative estimate of drug-likeness (QED) is 0.681. The van der Waals surface area contributed by atoms with Gasteiger partial charge in [0.1, 0.15) is 13.2 Å². The molecule has 0 spiro atoms. The van der Waals surface area contributed by atoms with E-state index in [-0.39, 0.29) is 4.75 Å². The van der Waals surface area contributed by atoms with Crippen LogP contribution in [0.15, 0.2) is 0 Å². The molecule has 0 N–H and O–H groups in total. The van der Waals surface area contributed by atoms with E-state index >= 15 is 0 Å². The van der Waals surface area contributed by atoms with Crippen LogP contribution in [0, 0.1) is 0 Å². The lowest BCUT2D eigenvalue weighted by Gasteiger charge is -2.29. The van der Waals surface area contributed by atoms with Crippen LogP contribution in [0.4, 0.5) is 0 Å². The lowest BCUT2D eigenvalue weighted by molar-refractivity contribution is -0.429. The Morgan fingerprint density at radius 1 is 1.21 bits per heavy atom. The summed E-state index contributed by atoms with van der Waals surface area (Å²) in [5, 5.41) is 0. The summed E-state index contributed by atoms with van der Waals surface area (Å²) in [7, 11) is 0. The summed E-state index contributed by atoms with van der Waals surface area (Å²) >= 11 is 1.78. The monoisotopic (exact) mass is 222 g/mol. The topological polar surface area (TPSA) is 36.9 Å². The smallest absolute Gasteiger partial charge is 0.231 e. The Hall–Kier alpha value is 0.190. The Bertz CT molecular complexity index is 155. The predicted molar refractivity (Wildman–Crippen MR) is 54.7 cm³/mol. The highest BCUT2D eigenvalue weighted by Crippen LogP contribution is 2.32. The second-order valence-corrected chi connectivity index (χ2v) is 5.37. The molecule has 1 rings (SSSR count). The van der Waals surface area contributed by atoms with E-state index in [9.17, 15) is 0 Å². The van der Waals surface area contributed by atoms with Crippen LogP contribution in [-0.2, 0) is 19.6 Å². The van der Waals surface area contributed by atoms with Gasteiger partial charge in [0.15, 0.2) is 0 Å². The third kappa shape index (κ3) is 3.74. The largest absolute Gasteiger partial charge is 0.238 e. The normalized spacial score (nSPS) is 20.8. The zero-order chi connectivity index (χ0) is 10.4. The molecule has 0 amide bonds. The van der Waals surface area contributed by atoms with Crippen LogP contribution in [0.1, 0.15) is 27.2 Å². The first-order valence-corrected chi connectivity index (χ1v) is 5.86. The van der Waals surface area contributed by atoms with Gasteiger partial charge in [0.2, 0.25) is 6.29 Å². The molecule has 0 saturated carbocycles. The van der Waals surface area contributed by atoms with Gasteiger partial charge in [0, 0.05) is 0 Å². The predicted octanol–water partition coefficient (Wildman–Crippen LogP) is 2.14. The third-order valence-corrected chi connectivity index (χ3v) is 3.36. The van der Waals surface area contributed by atoms with Crippen LogP contribution in [0.3, 0.4) is 0 Å². The van der Waals surface area contributed by atoms with Gasteiger partial charge in [0.25, 0.3) is 0 Å². The Balaban J connectivity index is 2.41. The number of rotatable bonds is 4. The van der Waals surface area contributed by atoms with Crippen molar-refractivity contribution in [1.82, 2.24) is 0 Å². The molecule has 0 aromatic carbocycles. The molecule has 0 aliphatic carbocycles. The lowest BCUT2D eigenvalue weighted by atomic mass is 10.2. The van der Waals surface area contributed by atoms with Crippen molar-refractivity contribution in [2.75, 3.05) is 19.0 Å². The van der Waals surface area contributed by atoms with Crippen molar-refractivity contribution in [3.63, 3.8) is 0 Å². The Labute approximate surface area is 89.1 Å². The average Bonchev–Trinajstić information content (AvgIpc) is 2.43. The van der Waals surface area contributed by atoms with E-state index in [0.29, 0.717) is 13.2 Å². The molecule has 1 heterocycles. The molecule has 5 heteroatoms. The first-order chi connectivity index (χ1) is 6.67. The fraction of sp³-hybridized carbons (Fsp3) is 1.00. The Kier molecular flexibility index (Phi) is 5.19. The minimum Gasteiger partial charge on any atom is -0.231 e. The van der Waals surface area contributed by atoms with Crippen LogP contribution >= 0.6 is 11.8 Å². The molecule has 0 atom stereocenters. The standard InChI is InChI=1S/C9H18O4S/c1-4-7-14-9(2,3)8-12-10-5-6-11-13-8/h8H,4-7H2,1-3H3. The molecule has 1 aliphatic heterocycles. The van der Waals surface area contributed by atoms with Gasteiger partial charge in [-0.2, -0.15) is 21.5 Å². The molecule has 14 heavy (non-hydrogen) atoms. The van der Waals surface area contributed by atoms with Crippen LogP contribution < -0.4 is 0 Å². The van der Waals surface area contributed by atoms with Crippen LogP contribution in [0.5, 0.6) is 0 Å². The highest BCUT2D eigenvalue weighted by atomic mass is 32.2. The van der Waals surface area contributed by atoms with Crippen molar-refractivity contribution in [2.45, 2.75) is 38.2 Å². The summed E-state index contributed by atoms with van der Waals surface area (Å²) in [5.74, 6) is 1.07. The van der Waals surface area contributed by atoms with E-state index in [1.165, 1.54) is 0 Å². The van der Waals surface area contributed by atoms with Gasteiger partial charge in [-0.15, -0.1) is 0 Å². The van der Waals surface area contributed by atoms with Crippen molar-refractivity contribution < 1.29 is 19.6 Å². The van der Waals surface area contributed by atoms with E-state index in [1.807, 2.05) is 0 Å². The number of thioether (sulfide) groups is 1. The van der Waals surface area contributed by atoms with Crippen LogP contribution in [0.2, 0.25) is 0 Å². The third-order valence-electron chi connectivity index (χ3n) is 1.81. The molecule has 1 saturated heterocycles. The Morgan fingerprint density at radius 3 is 2.29 bits per heavy atom. The zero-order valence-corrected chi connectivity index (χ0v) is 9.76. The van der Waals surface area contributed by atoms with Gasteiger partial charge in [0.05, 0.1) is 4.75 Å². The summed E-state index contributed by atoms with van der Waals surface area (Å²) in [5.41, 5.74) is 0. The molecule has 1 fully saturated rings. The second kappa shape index (κ2) is 5.92. The summed E-state index contributed by atoms with van der Waals surface area (Å²) in [6.45, 7) is 7.06. The van der Waals surface area contributed by atoms with Gasteiger partial charge in [-0.3, -0.25) is 0 Å². The molecular formula is C9H18O4S. The summed E-state index contributed by atoms with van der Waals surface area (Å²) in [4.78, 5) is 20.0. The maximum absolute atomic E-state index is 5.10. The maximum Gasteiger partial charge on any atom is 0.238 e. The van der Waals surface area contributed by atoms with E-state index in [2.05, 4.69) is 20.8 Å². The van der Waals surface area contributed by atoms with E-state index in [4.69, 9.17) is 19.6 Å². The van der Waals surface area contributed by atoms with Gasteiger partial charge in [-0.1, -0.05) is 6.92 Å². The minimum atomic E-state index is -0.471. The summed E-state index contributed by atoms with van der Waals surface area (Å²) < 4.78 is -0.166. The fourth-order valence-electron chi connectivity index (χ4n) is 0.969. The maximum atomic E-state index is 5.10. The van der Waals surface area contributed by atoms with Gasteiger partial charge in [-0.25, -0.2) is 9.78 Å². The summed E-state index contributed by atoms with van der Waals surface area (Å²) in [6, 6.07) is 0. The molecule has 0 unspecified atom stereocenters. The molecule has 0 radical (unpaired) electrons. The molecule has 4 nitrogen and oxygen atoms in total. The van der Waals surface area contributed by atoms with Crippen molar-refractivity contribution in [1.29, 1.82) is 0 Å². The number of hydrogen-bond acceptors (Lipinski definition) is 5.